The summed E-state index contributed by atoms with van der Waals surface area (Å²) < 4.78 is 5.24. The molecule has 0 aliphatic carbocycles. The van der Waals surface area contributed by atoms with Crippen LogP contribution < -0.4 is 4.74 Å². The highest BCUT2D eigenvalue weighted by Crippen LogP contribution is 2.21. The van der Waals surface area contributed by atoms with Gasteiger partial charge in [-0.05, 0) is 24.5 Å². The standard InChI is InChI=1S/C15H22O2/c1-5-6-11(2)9-14(16)13-8-7-12(3)15(10-13)17-4/h7-8,10-11H,5-6,9H2,1-4H3. The van der Waals surface area contributed by atoms with E-state index in [-0.39, 0.29) is 5.78 Å². The number of methoxy groups -OCH3 is 1. The molecule has 0 bridgehead atoms. The third-order valence-electron chi connectivity index (χ3n) is 3.05. The van der Waals surface area contributed by atoms with Crippen molar-refractivity contribution >= 4 is 5.78 Å². The first kappa shape index (κ1) is 13.8. The first-order chi connectivity index (χ1) is 8.08. The second-order valence-corrected chi connectivity index (χ2v) is 4.71. The van der Waals surface area contributed by atoms with Crippen LogP contribution in [-0.2, 0) is 0 Å². The molecule has 0 fully saturated rings. The van der Waals surface area contributed by atoms with Crippen LogP contribution in [0, 0.1) is 12.8 Å². The van der Waals surface area contributed by atoms with Gasteiger partial charge in [-0.3, -0.25) is 4.79 Å². The largest absolute Gasteiger partial charge is 0.496 e. The molecule has 1 aromatic carbocycles. The minimum atomic E-state index is 0.212. The molecule has 2 nitrogen and oxygen atoms in total. The second-order valence-electron chi connectivity index (χ2n) is 4.71. The van der Waals surface area contributed by atoms with Gasteiger partial charge in [0.05, 0.1) is 7.11 Å². The molecule has 0 spiro atoms. The molecular weight excluding hydrogens is 212 g/mol. The summed E-state index contributed by atoms with van der Waals surface area (Å²) >= 11 is 0. The summed E-state index contributed by atoms with van der Waals surface area (Å²) in [4.78, 5) is 12.1. The van der Waals surface area contributed by atoms with Crippen LogP contribution in [0.2, 0.25) is 0 Å². The monoisotopic (exact) mass is 234 g/mol. The lowest BCUT2D eigenvalue weighted by Gasteiger charge is -2.10. The number of carbonyl (C=O) groups is 1. The summed E-state index contributed by atoms with van der Waals surface area (Å²) in [5.41, 5.74) is 1.82. The number of aryl methyl sites for hydroxylation is 1. The fourth-order valence-electron chi connectivity index (χ4n) is 2.02. The number of carbonyl (C=O) groups excluding carboxylic acids is 1. The van der Waals surface area contributed by atoms with Crippen LogP contribution in [0.4, 0.5) is 0 Å². The van der Waals surface area contributed by atoms with Gasteiger partial charge in [-0.15, -0.1) is 0 Å². The third-order valence-corrected chi connectivity index (χ3v) is 3.05. The zero-order chi connectivity index (χ0) is 12.8. The lowest BCUT2D eigenvalue weighted by molar-refractivity contribution is 0.0962. The molecule has 1 atom stereocenters. The number of ketones is 1. The first-order valence-corrected chi connectivity index (χ1v) is 6.26. The van der Waals surface area contributed by atoms with Crippen LogP contribution >= 0.6 is 0 Å². The molecule has 0 saturated heterocycles. The number of rotatable bonds is 6. The molecule has 1 aromatic rings. The van der Waals surface area contributed by atoms with Gasteiger partial charge in [0.25, 0.3) is 0 Å². The maximum atomic E-state index is 12.1. The SMILES string of the molecule is CCCC(C)CC(=O)c1ccc(C)c(OC)c1. The highest BCUT2D eigenvalue weighted by Gasteiger charge is 2.12. The Morgan fingerprint density at radius 3 is 2.71 bits per heavy atom. The van der Waals surface area contributed by atoms with Gasteiger partial charge in [0, 0.05) is 12.0 Å². The van der Waals surface area contributed by atoms with Gasteiger partial charge in [-0.1, -0.05) is 38.8 Å². The number of ether oxygens (including phenoxy) is 1. The predicted molar refractivity (Wildman–Crippen MR) is 70.8 cm³/mol. The van der Waals surface area contributed by atoms with E-state index in [1.165, 1.54) is 0 Å². The average molecular weight is 234 g/mol. The molecular formula is C15H22O2. The van der Waals surface area contributed by atoms with Crippen molar-refractivity contribution in [2.24, 2.45) is 5.92 Å². The molecule has 1 unspecified atom stereocenters. The van der Waals surface area contributed by atoms with Crippen LogP contribution in [0.15, 0.2) is 18.2 Å². The highest BCUT2D eigenvalue weighted by atomic mass is 16.5. The number of hydrogen-bond acceptors (Lipinski definition) is 2. The van der Waals surface area contributed by atoms with E-state index in [1.807, 2.05) is 25.1 Å². The van der Waals surface area contributed by atoms with Gasteiger partial charge < -0.3 is 4.74 Å². The molecule has 0 saturated carbocycles. The van der Waals surface area contributed by atoms with Crippen molar-refractivity contribution in [3.05, 3.63) is 29.3 Å². The van der Waals surface area contributed by atoms with E-state index in [0.717, 1.165) is 29.7 Å². The van der Waals surface area contributed by atoms with Gasteiger partial charge in [0.1, 0.15) is 5.75 Å². The molecule has 0 radical (unpaired) electrons. The third kappa shape index (κ3) is 3.88. The Morgan fingerprint density at radius 2 is 2.12 bits per heavy atom. The van der Waals surface area contributed by atoms with Crippen LogP contribution in [0.3, 0.4) is 0 Å². The van der Waals surface area contributed by atoms with E-state index < -0.39 is 0 Å². The Morgan fingerprint density at radius 1 is 1.41 bits per heavy atom. The fourth-order valence-corrected chi connectivity index (χ4v) is 2.02. The van der Waals surface area contributed by atoms with Crippen LogP contribution in [0.25, 0.3) is 0 Å². The van der Waals surface area contributed by atoms with Crippen molar-refractivity contribution in [2.75, 3.05) is 7.11 Å². The van der Waals surface area contributed by atoms with E-state index >= 15 is 0 Å². The van der Waals surface area contributed by atoms with E-state index in [0.29, 0.717) is 12.3 Å². The summed E-state index contributed by atoms with van der Waals surface area (Å²) in [6, 6.07) is 5.67. The Balaban J connectivity index is 2.75. The molecule has 0 amide bonds. The molecule has 17 heavy (non-hydrogen) atoms. The first-order valence-electron chi connectivity index (χ1n) is 6.26. The second kappa shape index (κ2) is 6.43. The summed E-state index contributed by atoms with van der Waals surface area (Å²) in [6.07, 6.45) is 2.86. The quantitative estimate of drug-likeness (QED) is 0.695. The van der Waals surface area contributed by atoms with Crippen LogP contribution in [0.1, 0.15) is 49.0 Å². The summed E-state index contributed by atoms with van der Waals surface area (Å²) in [5, 5.41) is 0. The average Bonchev–Trinajstić information content (AvgIpc) is 2.29. The molecule has 0 heterocycles. The maximum absolute atomic E-state index is 12.1. The zero-order valence-corrected chi connectivity index (χ0v) is 11.2. The summed E-state index contributed by atoms with van der Waals surface area (Å²) in [6.45, 7) is 6.26. The van der Waals surface area contributed by atoms with Gasteiger partial charge in [-0.25, -0.2) is 0 Å². The maximum Gasteiger partial charge on any atom is 0.163 e. The summed E-state index contributed by atoms with van der Waals surface area (Å²) in [5.74, 6) is 1.46. The smallest absolute Gasteiger partial charge is 0.163 e. The molecule has 2 heteroatoms. The lowest BCUT2D eigenvalue weighted by atomic mass is 9.95. The van der Waals surface area contributed by atoms with Crippen LogP contribution in [-0.4, -0.2) is 12.9 Å². The Bertz CT molecular complexity index is 383. The van der Waals surface area contributed by atoms with Crippen molar-refractivity contribution in [1.29, 1.82) is 0 Å². The van der Waals surface area contributed by atoms with Crippen LogP contribution in [0.5, 0.6) is 5.75 Å². The van der Waals surface area contributed by atoms with Gasteiger partial charge >= 0.3 is 0 Å². The van der Waals surface area contributed by atoms with Gasteiger partial charge in [0.2, 0.25) is 0 Å². The van der Waals surface area contributed by atoms with E-state index in [2.05, 4.69) is 13.8 Å². The molecule has 0 aliphatic heterocycles. The molecule has 1 rings (SSSR count). The molecule has 0 aromatic heterocycles. The van der Waals surface area contributed by atoms with E-state index in [9.17, 15) is 4.79 Å². The van der Waals surface area contributed by atoms with Gasteiger partial charge in [-0.2, -0.15) is 0 Å². The normalized spacial score (nSPS) is 12.2. The van der Waals surface area contributed by atoms with Crippen molar-refractivity contribution in [1.82, 2.24) is 0 Å². The van der Waals surface area contributed by atoms with Crippen molar-refractivity contribution in [3.63, 3.8) is 0 Å². The minimum absolute atomic E-state index is 0.212. The molecule has 0 N–H and O–H groups in total. The summed E-state index contributed by atoms with van der Waals surface area (Å²) in [7, 11) is 1.64. The predicted octanol–water partition coefficient (Wildman–Crippen LogP) is 4.01. The van der Waals surface area contributed by atoms with Crippen molar-refractivity contribution < 1.29 is 9.53 Å². The number of hydrogen-bond donors (Lipinski definition) is 0. The fraction of sp³-hybridized carbons (Fsp3) is 0.533. The topological polar surface area (TPSA) is 26.3 Å². The Labute approximate surface area is 104 Å². The highest BCUT2D eigenvalue weighted by molar-refractivity contribution is 5.96. The number of Topliss-reactive ketones (excluding diaryl/α,β-unsaturated/α-hetero) is 1. The van der Waals surface area contributed by atoms with E-state index in [4.69, 9.17) is 4.74 Å². The Hall–Kier alpha value is -1.31. The lowest BCUT2D eigenvalue weighted by Crippen LogP contribution is -2.06. The minimum Gasteiger partial charge on any atom is -0.496 e. The van der Waals surface area contributed by atoms with Gasteiger partial charge in [0.15, 0.2) is 5.78 Å². The number of benzene rings is 1. The Kier molecular flexibility index (Phi) is 5.20. The van der Waals surface area contributed by atoms with Crippen molar-refractivity contribution in [3.8, 4) is 5.75 Å². The molecule has 0 aliphatic rings. The van der Waals surface area contributed by atoms with Crippen molar-refractivity contribution in [2.45, 2.75) is 40.0 Å². The molecule has 94 valence electrons. The zero-order valence-electron chi connectivity index (χ0n) is 11.2. The van der Waals surface area contributed by atoms with E-state index in [1.54, 1.807) is 7.11 Å².